The minimum absolute atomic E-state index is 0.810. The third-order valence-electron chi connectivity index (χ3n) is 2.72. The largest absolute Gasteiger partial charge is 0.316 e. The van der Waals surface area contributed by atoms with E-state index >= 15 is 0 Å². The molecule has 0 aliphatic carbocycles. The van der Waals surface area contributed by atoms with Crippen molar-refractivity contribution in [1.82, 2.24) is 15.5 Å². The Bertz CT molecular complexity index is 261. The normalized spacial score (nSPS) is 22.4. The van der Waals surface area contributed by atoms with Gasteiger partial charge in [0.2, 0.25) is 0 Å². The van der Waals surface area contributed by atoms with Crippen LogP contribution in [0.1, 0.15) is 24.7 Å². The highest BCUT2D eigenvalue weighted by molar-refractivity contribution is 5.09. The predicted molar refractivity (Wildman–Crippen MR) is 52.6 cm³/mol. The van der Waals surface area contributed by atoms with Crippen molar-refractivity contribution in [3.63, 3.8) is 0 Å². The van der Waals surface area contributed by atoms with Gasteiger partial charge in [-0.05, 0) is 44.3 Å². The Morgan fingerprint density at radius 1 is 1.62 bits per heavy atom. The van der Waals surface area contributed by atoms with Crippen molar-refractivity contribution in [2.24, 2.45) is 5.92 Å². The zero-order valence-corrected chi connectivity index (χ0v) is 8.14. The number of hydrogen-bond donors (Lipinski definition) is 2. The standard InChI is InChI=1S/C10H17N3/c1-2-9-6-10(13-12-9)5-8-3-4-11-7-8/h6,8,11H,2-5,7H2,1H3,(H,12,13). The molecule has 13 heavy (non-hydrogen) atoms. The van der Waals surface area contributed by atoms with Gasteiger partial charge < -0.3 is 5.32 Å². The summed E-state index contributed by atoms with van der Waals surface area (Å²) in [7, 11) is 0. The maximum atomic E-state index is 4.23. The molecule has 1 aliphatic rings. The van der Waals surface area contributed by atoms with Crippen LogP contribution >= 0.6 is 0 Å². The molecule has 72 valence electrons. The summed E-state index contributed by atoms with van der Waals surface area (Å²) in [6, 6.07) is 2.19. The Morgan fingerprint density at radius 3 is 3.15 bits per heavy atom. The molecule has 3 heteroatoms. The number of nitrogens with one attached hydrogen (secondary N) is 2. The first-order valence-electron chi connectivity index (χ1n) is 5.12. The predicted octanol–water partition coefficient (Wildman–Crippen LogP) is 1.12. The third-order valence-corrected chi connectivity index (χ3v) is 2.72. The smallest absolute Gasteiger partial charge is 0.0622 e. The van der Waals surface area contributed by atoms with Gasteiger partial charge in [-0.2, -0.15) is 5.10 Å². The van der Waals surface area contributed by atoms with Gasteiger partial charge in [0.15, 0.2) is 0 Å². The van der Waals surface area contributed by atoms with E-state index in [4.69, 9.17) is 0 Å². The summed E-state index contributed by atoms with van der Waals surface area (Å²) in [6.07, 6.45) is 3.49. The lowest BCUT2D eigenvalue weighted by atomic mass is 10.0. The van der Waals surface area contributed by atoms with Gasteiger partial charge in [0.1, 0.15) is 0 Å². The van der Waals surface area contributed by atoms with Crippen LogP contribution in [0.3, 0.4) is 0 Å². The van der Waals surface area contributed by atoms with Crippen LogP contribution in [0.4, 0.5) is 0 Å². The van der Waals surface area contributed by atoms with Crippen LogP contribution in [0.15, 0.2) is 6.07 Å². The van der Waals surface area contributed by atoms with Gasteiger partial charge in [0.05, 0.1) is 5.69 Å². The van der Waals surface area contributed by atoms with Crippen LogP contribution in [0.2, 0.25) is 0 Å². The fourth-order valence-corrected chi connectivity index (χ4v) is 1.89. The fourth-order valence-electron chi connectivity index (χ4n) is 1.89. The maximum Gasteiger partial charge on any atom is 0.0622 e. The van der Waals surface area contributed by atoms with E-state index < -0.39 is 0 Å². The van der Waals surface area contributed by atoms with Crippen LogP contribution in [-0.2, 0) is 12.8 Å². The van der Waals surface area contributed by atoms with E-state index in [1.807, 2.05) is 0 Å². The van der Waals surface area contributed by atoms with Crippen molar-refractivity contribution in [3.8, 4) is 0 Å². The summed E-state index contributed by atoms with van der Waals surface area (Å²) in [4.78, 5) is 0. The lowest BCUT2D eigenvalue weighted by Crippen LogP contribution is -2.10. The monoisotopic (exact) mass is 179 g/mol. The molecule has 0 saturated carbocycles. The van der Waals surface area contributed by atoms with Crippen molar-refractivity contribution in [3.05, 3.63) is 17.5 Å². The summed E-state index contributed by atoms with van der Waals surface area (Å²) >= 11 is 0. The highest BCUT2D eigenvalue weighted by atomic mass is 15.1. The number of aromatic amines is 1. The molecule has 1 aromatic rings. The van der Waals surface area contributed by atoms with E-state index in [9.17, 15) is 0 Å². The summed E-state index contributed by atoms with van der Waals surface area (Å²) in [5.41, 5.74) is 2.48. The molecule has 0 amide bonds. The minimum atomic E-state index is 0.810. The zero-order chi connectivity index (χ0) is 9.10. The topological polar surface area (TPSA) is 40.7 Å². The van der Waals surface area contributed by atoms with Crippen molar-refractivity contribution in [2.45, 2.75) is 26.2 Å². The molecule has 0 aromatic carbocycles. The summed E-state index contributed by atoms with van der Waals surface area (Å²) < 4.78 is 0. The van der Waals surface area contributed by atoms with E-state index in [1.54, 1.807) is 0 Å². The second-order valence-electron chi connectivity index (χ2n) is 3.80. The Balaban J connectivity index is 1.92. The Morgan fingerprint density at radius 2 is 2.54 bits per heavy atom. The van der Waals surface area contributed by atoms with E-state index in [-0.39, 0.29) is 0 Å². The second kappa shape index (κ2) is 3.92. The van der Waals surface area contributed by atoms with E-state index in [0.29, 0.717) is 0 Å². The molecule has 1 aromatic heterocycles. The number of rotatable bonds is 3. The van der Waals surface area contributed by atoms with E-state index in [1.165, 1.54) is 30.9 Å². The molecule has 0 spiro atoms. The molecular formula is C10H17N3. The highest BCUT2D eigenvalue weighted by Gasteiger charge is 2.15. The van der Waals surface area contributed by atoms with Gasteiger partial charge in [0.25, 0.3) is 0 Å². The van der Waals surface area contributed by atoms with Gasteiger partial charge >= 0.3 is 0 Å². The van der Waals surface area contributed by atoms with Crippen LogP contribution in [-0.4, -0.2) is 23.3 Å². The molecule has 1 fully saturated rings. The van der Waals surface area contributed by atoms with Crippen LogP contribution < -0.4 is 5.32 Å². The molecule has 1 atom stereocenters. The Labute approximate surface area is 78.9 Å². The molecule has 2 N–H and O–H groups in total. The average Bonchev–Trinajstić information content (AvgIpc) is 2.76. The quantitative estimate of drug-likeness (QED) is 0.730. The van der Waals surface area contributed by atoms with Crippen molar-refractivity contribution in [1.29, 1.82) is 0 Å². The number of aromatic nitrogens is 2. The summed E-state index contributed by atoms with van der Waals surface area (Å²) in [6.45, 7) is 4.48. The van der Waals surface area contributed by atoms with Crippen LogP contribution in [0, 0.1) is 5.92 Å². The fraction of sp³-hybridized carbons (Fsp3) is 0.700. The number of nitrogens with zero attached hydrogens (tertiary/aromatic N) is 1. The third kappa shape index (κ3) is 2.10. The summed E-state index contributed by atoms with van der Waals surface area (Å²) in [5.74, 6) is 0.810. The SMILES string of the molecule is CCc1cc(CC2CCNC2)[nH]n1. The molecule has 0 bridgehead atoms. The zero-order valence-electron chi connectivity index (χ0n) is 8.14. The Hall–Kier alpha value is -0.830. The molecule has 1 saturated heterocycles. The average molecular weight is 179 g/mol. The molecule has 3 nitrogen and oxygen atoms in total. The van der Waals surface area contributed by atoms with E-state index in [2.05, 4.69) is 28.5 Å². The Kier molecular flexibility index (Phi) is 2.64. The van der Waals surface area contributed by atoms with Crippen molar-refractivity contribution >= 4 is 0 Å². The van der Waals surface area contributed by atoms with Gasteiger partial charge in [-0.1, -0.05) is 6.92 Å². The maximum absolute atomic E-state index is 4.23. The molecule has 2 heterocycles. The van der Waals surface area contributed by atoms with Gasteiger partial charge in [-0.15, -0.1) is 0 Å². The molecule has 0 radical (unpaired) electrons. The van der Waals surface area contributed by atoms with Crippen LogP contribution in [0.5, 0.6) is 0 Å². The minimum Gasteiger partial charge on any atom is -0.316 e. The van der Waals surface area contributed by atoms with Gasteiger partial charge in [-0.25, -0.2) is 0 Å². The van der Waals surface area contributed by atoms with Crippen LogP contribution in [0.25, 0.3) is 0 Å². The number of aryl methyl sites for hydroxylation is 1. The molecular weight excluding hydrogens is 162 g/mol. The van der Waals surface area contributed by atoms with Gasteiger partial charge in [-0.3, -0.25) is 5.10 Å². The lowest BCUT2D eigenvalue weighted by molar-refractivity contribution is 0.571. The first-order valence-corrected chi connectivity index (χ1v) is 5.12. The van der Waals surface area contributed by atoms with Gasteiger partial charge in [0, 0.05) is 5.69 Å². The first-order chi connectivity index (χ1) is 6.38. The molecule has 2 rings (SSSR count). The first kappa shape index (κ1) is 8.75. The number of hydrogen-bond acceptors (Lipinski definition) is 2. The lowest BCUT2D eigenvalue weighted by Gasteiger charge is -2.04. The second-order valence-corrected chi connectivity index (χ2v) is 3.80. The highest BCUT2D eigenvalue weighted by Crippen LogP contribution is 2.14. The van der Waals surface area contributed by atoms with E-state index in [0.717, 1.165) is 18.8 Å². The van der Waals surface area contributed by atoms with Crippen molar-refractivity contribution < 1.29 is 0 Å². The van der Waals surface area contributed by atoms with Crippen molar-refractivity contribution in [2.75, 3.05) is 13.1 Å². The molecule has 1 unspecified atom stereocenters. The molecule has 1 aliphatic heterocycles. The number of H-pyrrole nitrogens is 1. The summed E-state index contributed by atoms with van der Waals surface area (Å²) in [5, 5.41) is 10.7.